The molecule has 0 aliphatic heterocycles. The first-order valence-electron chi connectivity index (χ1n) is 9.57. The van der Waals surface area contributed by atoms with Gasteiger partial charge in [0.2, 0.25) is 0 Å². The standard InChI is InChI=1S/C24H19ClN4O2/c1-29(2)24(31)18-8-7-16(13-20(18)25)27-23(30)19-14-22(15-9-11-26-12-10-15)28-21-6-4-3-5-17(19)21/h3-14H,1-2H3,(H,27,30). The lowest BCUT2D eigenvalue weighted by molar-refractivity contribution is 0.0827. The summed E-state index contributed by atoms with van der Waals surface area (Å²) in [5.74, 6) is -0.498. The molecule has 0 aliphatic carbocycles. The Morgan fingerprint density at radius 1 is 0.935 bits per heavy atom. The minimum atomic E-state index is -0.295. The predicted octanol–water partition coefficient (Wildman–Crippen LogP) is 4.90. The summed E-state index contributed by atoms with van der Waals surface area (Å²) in [6.45, 7) is 0. The van der Waals surface area contributed by atoms with Gasteiger partial charge in [-0.3, -0.25) is 14.6 Å². The number of benzene rings is 2. The number of aromatic nitrogens is 2. The largest absolute Gasteiger partial charge is 0.345 e. The summed E-state index contributed by atoms with van der Waals surface area (Å²) in [4.78, 5) is 35.5. The van der Waals surface area contributed by atoms with Crippen molar-refractivity contribution in [3.05, 3.63) is 89.2 Å². The summed E-state index contributed by atoms with van der Waals surface area (Å²) >= 11 is 6.28. The summed E-state index contributed by atoms with van der Waals surface area (Å²) in [5.41, 5.74) is 3.62. The maximum absolute atomic E-state index is 13.2. The van der Waals surface area contributed by atoms with Crippen LogP contribution in [0.3, 0.4) is 0 Å². The highest BCUT2D eigenvalue weighted by atomic mass is 35.5. The molecule has 0 saturated heterocycles. The first kappa shape index (κ1) is 20.5. The van der Waals surface area contributed by atoms with E-state index in [0.29, 0.717) is 28.0 Å². The molecular weight excluding hydrogens is 412 g/mol. The normalized spacial score (nSPS) is 10.7. The van der Waals surface area contributed by atoms with Gasteiger partial charge in [0.15, 0.2) is 0 Å². The number of anilines is 1. The number of carbonyl (C=O) groups excluding carboxylic acids is 2. The number of nitrogens with one attached hydrogen (secondary N) is 1. The van der Waals surface area contributed by atoms with E-state index >= 15 is 0 Å². The molecule has 2 heterocycles. The first-order chi connectivity index (χ1) is 14.9. The third-order valence-electron chi connectivity index (χ3n) is 4.80. The van der Waals surface area contributed by atoms with E-state index < -0.39 is 0 Å². The second-order valence-electron chi connectivity index (χ2n) is 7.16. The summed E-state index contributed by atoms with van der Waals surface area (Å²) < 4.78 is 0. The van der Waals surface area contributed by atoms with E-state index in [1.165, 1.54) is 4.90 Å². The molecule has 154 valence electrons. The highest BCUT2D eigenvalue weighted by Crippen LogP contribution is 2.27. The Kier molecular flexibility index (Phi) is 5.64. The highest BCUT2D eigenvalue weighted by Gasteiger charge is 2.16. The van der Waals surface area contributed by atoms with Crippen molar-refractivity contribution in [2.24, 2.45) is 0 Å². The lowest BCUT2D eigenvalue weighted by atomic mass is 10.0. The third-order valence-corrected chi connectivity index (χ3v) is 5.11. The quantitative estimate of drug-likeness (QED) is 0.499. The minimum Gasteiger partial charge on any atom is -0.345 e. The molecule has 7 heteroatoms. The van der Waals surface area contributed by atoms with Gasteiger partial charge in [-0.25, -0.2) is 4.98 Å². The number of hydrogen-bond donors (Lipinski definition) is 1. The van der Waals surface area contributed by atoms with Crippen LogP contribution in [0.15, 0.2) is 73.1 Å². The molecule has 1 N–H and O–H groups in total. The van der Waals surface area contributed by atoms with E-state index in [4.69, 9.17) is 11.6 Å². The van der Waals surface area contributed by atoms with Gasteiger partial charge in [0.25, 0.3) is 11.8 Å². The number of pyridine rings is 2. The number of halogens is 1. The molecule has 2 amide bonds. The predicted molar refractivity (Wildman–Crippen MR) is 122 cm³/mol. The van der Waals surface area contributed by atoms with Gasteiger partial charge in [0.1, 0.15) is 0 Å². The lowest BCUT2D eigenvalue weighted by Gasteiger charge is -2.13. The van der Waals surface area contributed by atoms with Gasteiger partial charge in [-0.1, -0.05) is 29.8 Å². The number of hydrogen-bond acceptors (Lipinski definition) is 4. The van der Waals surface area contributed by atoms with Crippen molar-refractivity contribution >= 4 is 40.0 Å². The van der Waals surface area contributed by atoms with E-state index in [-0.39, 0.29) is 16.8 Å². The molecule has 0 saturated carbocycles. The van der Waals surface area contributed by atoms with Crippen molar-refractivity contribution in [2.45, 2.75) is 0 Å². The Hall–Kier alpha value is -3.77. The van der Waals surface area contributed by atoms with Crippen molar-refractivity contribution in [3.8, 4) is 11.3 Å². The molecule has 4 rings (SSSR count). The zero-order chi connectivity index (χ0) is 22.0. The van der Waals surface area contributed by atoms with Gasteiger partial charge in [0.05, 0.1) is 27.4 Å². The number of amides is 2. The average molecular weight is 431 g/mol. The van der Waals surface area contributed by atoms with Crippen LogP contribution in [-0.4, -0.2) is 40.8 Å². The molecule has 6 nitrogen and oxygen atoms in total. The maximum Gasteiger partial charge on any atom is 0.256 e. The van der Waals surface area contributed by atoms with Crippen molar-refractivity contribution in [3.63, 3.8) is 0 Å². The van der Waals surface area contributed by atoms with E-state index in [0.717, 1.165) is 10.9 Å². The van der Waals surface area contributed by atoms with Gasteiger partial charge in [0, 0.05) is 43.1 Å². The number of nitrogens with zero attached hydrogens (tertiary/aromatic N) is 3. The maximum atomic E-state index is 13.2. The molecular formula is C24H19ClN4O2. The lowest BCUT2D eigenvalue weighted by Crippen LogP contribution is -2.22. The Morgan fingerprint density at radius 3 is 2.39 bits per heavy atom. The zero-order valence-corrected chi connectivity index (χ0v) is 17.7. The van der Waals surface area contributed by atoms with Crippen LogP contribution in [-0.2, 0) is 0 Å². The van der Waals surface area contributed by atoms with Crippen molar-refractivity contribution in [1.82, 2.24) is 14.9 Å². The SMILES string of the molecule is CN(C)C(=O)c1ccc(NC(=O)c2cc(-c3ccncc3)nc3ccccc23)cc1Cl. The number of carbonyl (C=O) groups is 2. The van der Waals surface area contributed by atoms with Crippen molar-refractivity contribution < 1.29 is 9.59 Å². The first-order valence-corrected chi connectivity index (χ1v) is 9.94. The van der Waals surface area contributed by atoms with Gasteiger partial charge in [-0.2, -0.15) is 0 Å². The van der Waals surface area contributed by atoms with Crippen LogP contribution in [0.1, 0.15) is 20.7 Å². The fourth-order valence-electron chi connectivity index (χ4n) is 3.24. The molecule has 4 aromatic rings. The molecule has 0 unspecified atom stereocenters. The van der Waals surface area contributed by atoms with E-state index in [1.54, 1.807) is 50.8 Å². The Balaban J connectivity index is 1.71. The van der Waals surface area contributed by atoms with Gasteiger partial charge in [-0.05, 0) is 42.5 Å². The van der Waals surface area contributed by atoms with Crippen LogP contribution in [0, 0.1) is 0 Å². The van der Waals surface area contributed by atoms with E-state index in [9.17, 15) is 9.59 Å². The Labute approximate surface area is 184 Å². The molecule has 0 radical (unpaired) electrons. The fourth-order valence-corrected chi connectivity index (χ4v) is 3.50. The van der Waals surface area contributed by atoms with Crippen molar-refractivity contribution in [1.29, 1.82) is 0 Å². The molecule has 0 atom stereocenters. The summed E-state index contributed by atoms with van der Waals surface area (Å²) in [6, 6.07) is 17.8. The van der Waals surface area contributed by atoms with Crippen LogP contribution in [0.2, 0.25) is 5.02 Å². The highest BCUT2D eigenvalue weighted by molar-refractivity contribution is 6.34. The molecule has 2 aromatic carbocycles. The van der Waals surface area contributed by atoms with Crippen LogP contribution < -0.4 is 5.32 Å². The number of para-hydroxylation sites is 1. The van der Waals surface area contributed by atoms with Crippen LogP contribution in [0.25, 0.3) is 22.2 Å². The summed E-state index contributed by atoms with van der Waals surface area (Å²) in [7, 11) is 3.31. The zero-order valence-electron chi connectivity index (χ0n) is 17.0. The van der Waals surface area contributed by atoms with Crippen LogP contribution in [0.4, 0.5) is 5.69 Å². The second kappa shape index (κ2) is 8.53. The van der Waals surface area contributed by atoms with E-state index in [1.807, 2.05) is 36.4 Å². The number of fused-ring (bicyclic) bond motifs is 1. The summed E-state index contributed by atoms with van der Waals surface area (Å²) in [5, 5.41) is 3.89. The Bertz CT molecular complexity index is 1290. The molecule has 0 bridgehead atoms. The van der Waals surface area contributed by atoms with Crippen LogP contribution in [0.5, 0.6) is 0 Å². The van der Waals surface area contributed by atoms with Crippen LogP contribution >= 0.6 is 11.6 Å². The van der Waals surface area contributed by atoms with Gasteiger partial charge in [-0.15, -0.1) is 0 Å². The smallest absolute Gasteiger partial charge is 0.256 e. The van der Waals surface area contributed by atoms with E-state index in [2.05, 4.69) is 15.3 Å². The van der Waals surface area contributed by atoms with Crippen molar-refractivity contribution in [2.75, 3.05) is 19.4 Å². The van der Waals surface area contributed by atoms with Gasteiger partial charge < -0.3 is 10.2 Å². The second-order valence-corrected chi connectivity index (χ2v) is 7.56. The average Bonchev–Trinajstić information content (AvgIpc) is 2.78. The topological polar surface area (TPSA) is 75.2 Å². The monoisotopic (exact) mass is 430 g/mol. The minimum absolute atomic E-state index is 0.204. The van der Waals surface area contributed by atoms with Gasteiger partial charge >= 0.3 is 0 Å². The third kappa shape index (κ3) is 4.25. The Morgan fingerprint density at radius 2 is 1.68 bits per heavy atom. The molecule has 0 fully saturated rings. The number of rotatable bonds is 4. The molecule has 0 spiro atoms. The molecule has 2 aromatic heterocycles. The summed E-state index contributed by atoms with van der Waals surface area (Å²) in [6.07, 6.45) is 3.37. The fraction of sp³-hybridized carbons (Fsp3) is 0.0833. The molecule has 0 aliphatic rings. The molecule has 31 heavy (non-hydrogen) atoms.